The van der Waals surface area contributed by atoms with Crippen LogP contribution in [0.3, 0.4) is 0 Å². The predicted octanol–water partition coefficient (Wildman–Crippen LogP) is 1.61. The number of hydrogen-bond acceptors (Lipinski definition) is 3. The zero-order valence-electron chi connectivity index (χ0n) is 8.71. The lowest BCUT2D eigenvalue weighted by Crippen LogP contribution is -2.26. The van der Waals surface area contributed by atoms with Crippen molar-refractivity contribution in [2.24, 2.45) is 0 Å². The fraction of sp³-hybridized carbons (Fsp3) is 0.727. The van der Waals surface area contributed by atoms with Gasteiger partial charge in [-0.1, -0.05) is 11.3 Å². The number of nitrogens with one attached hydrogen (secondary N) is 2. The Morgan fingerprint density at radius 3 is 3.07 bits per heavy atom. The van der Waals surface area contributed by atoms with Crippen LogP contribution in [0.1, 0.15) is 42.2 Å². The van der Waals surface area contributed by atoms with Crippen molar-refractivity contribution in [3.05, 3.63) is 20.2 Å². The molecule has 0 radical (unpaired) electrons. The van der Waals surface area contributed by atoms with Gasteiger partial charge in [-0.3, -0.25) is 4.79 Å². The molecule has 3 rings (SSSR count). The molecule has 2 aliphatic carbocycles. The first-order chi connectivity index (χ1) is 7.33. The van der Waals surface area contributed by atoms with E-state index in [0.717, 1.165) is 19.0 Å². The Kier molecular flexibility index (Phi) is 2.41. The summed E-state index contributed by atoms with van der Waals surface area (Å²) in [7, 11) is 0. The number of aromatic nitrogens is 1. The molecule has 2 aliphatic rings. The van der Waals surface area contributed by atoms with E-state index in [1.807, 2.05) is 0 Å². The fourth-order valence-electron chi connectivity index (χ4n) is 2.34. The summed E-state index contributed by atoms with van der Waals surface area (Å²) in [5, 5.41) is 3.56. The summed E-state index contributed by atoms with van der Waals surface area (Å²) >= 11 is 1.40. The normalized spacial score (nSPS) is 25.2. The standard InChI is InChI=1S/C11H16N2OS/c14-11-13-10-7(6-12-8-4-5-8)2-1-3-9(10)15-11/h7-8,12H,1-6H2,(H,13,14). The van der Waals surface area contributed by atoms with Crippen molar-refractivity contribution in [3.63, 3.8) is 0 Å². The third-order valence-electron chi connectivity index (χ3n) is 3.35. The number of thiazole rings is 1. The van der Waals surface area contributed by atoms with Crippen LogP contribution in [-0.2, 0) is 6.42 Å². The van der Waals surface area contributed by atoms with Crippen molar-refractivity contribution in [2.75, 3.05) is 6.54 Å². The number of aryl methyl sites for hydroxylation is 1. The molecule has 0 spiro atoms. The Morgan fingerprint density at radius 1 is 1.40 bits per heavy atom. The number of rotatable bonds is 3. The maximum absolute atomic E-state index is 11.3. The molecule has 82 valence electrons. The Hall–Kier alpha value is -0.610. The maximum Gasteiger partial charge on any atom is 0.304 e. The average Bonchev–Trinajstić information content (AvgIpc) is 2.96. The van der Waals surface area contributed by atoms with E-state index in [1.165, 1.54) is 47.6 Å². The average molecular weight is 224 g/mol. The molecule has 0 aliphatic heterocycles. The molecule has 3 nitrogen and oxygen atoms in total. The molecule has 0 saturated heterocycles. The second-order valence-corrected chi connectivity index (χ2v) is 5.69. The Balaban J connectivity index is 1.75. The molecule has 1 unspecified atom stereocenters. The van der Waals surface area contributed by atoms with Crippen molar-refractivity contribution in [3.8, 4) is 0 Å². The second kappa shape index (κ2) is 3.76. The van der Waals surface area contributed by atoms with Crippen LogP contribution in [-0.4, -0.2) is 17.6 Å². The first-order valence-corrected chi connectivity index (χ1v) is 6.60. The van der Waals surface area contributed by atoms with Gasteiger partial charge in [0.15, 0.2) is 0 Å². The molecule has 1 aromatic rings. The molecule has 0 amide bonds. The van der Waals surface area contributed by atoms with E-state index in [1.54, 1.807) is 0 Å². The number of H-pyrrole nitrogens is 1. The highest BCUT2D eigenvalue weighted by atomic mass is 32.1. The van der Waals surface area contributed by atoms with Crippen molar-refractivity contribution in [1.29, 1.82) is 0 Å². The van der Waals surface area contributed by atoms with Gasteiger partial charge in [0.1, 0.15) is 0 Å². The lowest BCUT2D eigenvalue weighted by Gasteiger charge is -2.21. The number of aromatic amines is 1. The SMILES string of the molecule is O=c1[nH]c2c(s1)CCCC2CNC1CC1. The van der Waals surface area contributed by atoms with Gasteiger partial charge in [0.2, 0.25) is 0 Å². The second-order valence-electron chi connectivity index (χ2n) is 4.62. The van der Waals surface area contributed by atoms with Gasteiger partial charge < -0.3 is 10.3 Å². The van der Waals surface area contributed by atoms with E-state index < -0.39 is 0 Å². The summed E-state index contributed by atoms with van der Waals surface area (Å²) in [5.74, 6) is 0.549. The fourth-order valence-corrected chi connectivity index (χ4v) is 3.30. The highest BCUT2D eigenvalue weighted by molar-refractivity contribution is 7.09. The largest absolute Gasteiger partial charge is 0.316 e. The molecule has 2 N–H and O–H groups in total. The lowest BCUT2D eigenvalue weighted by molar-refractivity contribution is 0.500. The third kappa shape index (κ3) is 2.01. The first kappa shape index (κ1) is 9.60. The van der Waals surface area contributed by atoms with Crippen molar-refractivity contribution in [2.45, 2.75) is 44.1 Å². The summed E-state index contributed by atoms with van der Waals surface area (Å²) in [4.78, 5) is 15.7. The molecule has 4 heteroatoms. The molecular weight excluding hydrogens is 208 g/mol. The van der Waals surface area contributed by atoms with Crippen LogP contribution >= 0.6 is 11.3 Å². The number of fused-ring (bicyclic) bond motifs is 1. The van der Waals surface area contributed by atoms with Gasteiger partial charge in [0.25, 0.3) is 0 Å². The van der Waals surface area contributed by atoms with Gasteiger partial charge in [-0.2, -0.15) is 0 Å². The molecule has 1 saturated carbocycles. The van der Waals surface area contributed by atoms with E-state index in [-0.39, 0.29) is 4.87 Å². The minimum Gasteiger partial charge on any atom is -0.316 e. The lowest BCUT2D eigenvalue weighted by atomic mass is 9.91. The Bertz CT molecular complexity index is 405. The van der Waals surface area contributed by atoms with Crippen LogP contribution in [0.15, 0.2) is 4.79 Å². The van der Waals surface area contributed by atoms with Crippen LogP contribution in [0.2, 0.25) is 0 Å². The van der Waals surface area contributed by atoms with Gasteiger partial charge >= 0.3 is 4.87 Å². The summed E-state index contributed by atoms with van der Waals surface area (Å²) < 4.78 is 0. The zero-order valence-corrected chi connectivity index (χ0v) is 9.53. The van der Waals surface area contributed by atoms with Gasteiger partial charge in [-0.15, -0.1) is 0 Å². The van der Waals surface area contributed by atoms with Gasteiger partial charge in [0, 0.05) is 29.1 Å². The van der Waals surface area contributed by atoms with E-state index in [2.05, 4.69) is 10.3 Å². The molecule has 1 atom stereocenters. The number of hydrogen-bond donors (Lipinski definition) is 2. The van der Waals surface area contributed by atoms with Gasteiger partial charge in [0.05, 0.1) is 0 Å². The topological polar surface area (TPSA) is 44.9 Å². The van der Waals surface area contributed by atoms with Gasteiger partial charge in [-0.25, -0.2) is 0 Å². The van der Waals surface area contributed by atoms with Crippen LogP contribution in [0, 0.1) is 0 Å². The molecule has 0 aromatic carbocycles. The molecule has 0 bridgehead atoms. The van der Waals surface area contributed by atoms with Crippen LogP contribution in [0.25, 0.3) is 0 Å². The third-order valence-corrected chi connectivity index (χ3v) is 4.31. The molecule has 1 aromatic heterocycles. The Morgan fingerprint density at radius 2 is 2.27 bits per heavy atom. The van der Waals surface area contributed by atoms with E-state index in [0.29, 0.717) is 5.92 Å². The van der Waals surface area contributed by atoms with Crippen molar-refractivity contribution >= 4 is 11.3 Å². The van der Waals surface area contributed by atoms with Gasteiger partial charge in [-0.05, 0) is 32.1 Å². The highest BCUT2D eigenvalue weighted by Crippen LogP contribution is 2.31. The van der Waals surface area contributed by atoms with E-state index in [4.69, 9.17) is 0 Å². The van der Waals surface area contributed by atoms with Crippen LogP contribution < -0.4 is 10.2 Å². The monoisotopic (exact) mass is 224 g/mol. The molecular formula is C11H16N2OS. The van der Waals surface area contributed by atoms with Crippen LogP contribution in [0.5, 0.6) is 0 Å². The highest BCUT2D eigenvalue weighted by Gasteiger charge is 2.26. The summed E-state index contributed by atoms with van der Waals surface area (Å²) in [6.45, 7) is 1.05. The predicted molar refractivity (Wildman–Crippen MR) is 61.6 cm³/mol. The minimum atomic E-state index is 0.123. The van der Waals surface area contributed by atoms with E-state index >= 15 is 0 Å². The molecule has 15 heavy (non-hydrogen) atoms. The maximum atomic E-state index is 11.3. The Labute approximate surface area is 92.9 Å². The van der Waals surface area contributed by atoms with Crippen molar-refractivity contribution < 1.29 is 0 Å². The van der Waals surface area contributed by atoms with E-state index in [9.17, 15) is 4.79 Å². The summed E-state index contributed by atoms with van der Waals surface area (Å²) in [5.41, 5.74) is 1.23. The minimum absolute atomic E-state index is 0.123. The quantitative estimate of drug-likeness (QED) is 0.819. The summed E-state index contributed by atoms with van der Waals surface area (Å²) in [6, 6.07) is 0.765. The molecule has 1 heterocycles. The first-order valence-electron chi connectivity index (χ1n) is 5.78. The smallest absolute Gasteiger partial charge is 0.304 e. The molecule has 1 fully saturated rings. The zero-order chi connectivity index (χ0) is 10.3. The van der Waals surface area contributed by atoms with Crippen molar-refractivity contribution in [1.82, 2.24) is 10.3 Å². The summed E-state index contributed by atoms with van der Waals surface area (Å²) in [6.07, 6.45) is 6.22. The van der Waals surface area contributed by atoms with Crippen LogP contribution in [0.4, 0.5) is 0 Å².